The molecular formula is C12H5F5N. The molecule has 0 saturated carbocycles. The zero-order valence-electron chi connectivity index (χ0n) is 8.72. The van der Waals surface area contributed by atoms with Gasteiger partial charge in [-0.05, 0) is 18.2 Å². The molecule has 93 valence electrons. The molecular weight excluding hydrogens is 253 g/mol. The highest BCUT2D eigenvalue weighted by atomic mass is 19.4. The predicted octanol–water partition coefficient (Wildman–Crippen LogP) is 3.85. The molecule has 0 spiro atoms. The molecule has 0 aliphatic carbocycles. The average molecular weight is 258 g/mol. The third-order valence-corrected chi connectivity index (χ3v) is 2.20. The Balaban J connectivity index is 2.59. The summed E-state index contributed by atoms with van der Waals surface area (Å²) in [4.78, 5) is 3.51. The number of pyridine rings is 1. The summed E-state index contributed by atoms with van der Waals surface area (Å²) < 4.78 is 64.1. The molecule has 0 fully saturated rings. The van der Waals surface area contributed by atoms with E-state index in [0.29, 0.717) is 6.07 Å². The molecule has 0 atom stereocenters. The normalized spacial score (nSPS) is 11.6. The summed E-state index contributed by atoms with van der Waals surface area (Å²) in [5.41, 5.74) is -2.26. The SMILES string of the molecule is Fc1cccc(F)c1-c1[c]c(C(F)(F)F)ccn1. The maximum atomic E-state index is 13.4. The van der Waals surface area contributed by atoms with Gasteiger partial charge in [-0.3, -0.25) is 4.98 Å². The summed E-state index contributed by atoms with van der Waals surface area (Å²) in [6.07, 6.45) is -3.81. The molecule has 1 heterocycles. The number of nitrogens with zero attached hydrogens (tertiary/aromatic N) is 1. The molecule has 18 heavy (non-hydrogen) atoms. The van der Waals surface area contributed by atoms with Gasteiger partial charge in [0.2, 0.25) is 0 Å². The van der Waals surface area contributed by atoms with E-state index >= 15 is 0 Å². The average Bonchev–Trinajstić information content (AvgIpc) is 2.28. The number of halogens is 5. The van der Waals surface area contributed by atoms with Gasteiger partial charge in [-0.15, -0.1) is 0 Å². The van der Waals surface area contributed by atoms with Crippen molar-refractivity contribution in [3.8, 4) is 11.3 Å². The lowest BCUT2D eigenvalue weighted by Crippen LogP contribution is -2.06. The Bertz CT molecular complexity index is 557. The van der Waals surface area contributed by atoms with Crippen LogP contribution in [0.4, 0.5) is 22.0 Å². The standard InChI is InChI=1S/C12H5F5N/c13-8-2-1-3-9(14)11(8)10-6-7(4-5-18-10)12(15,16)17/h1-5H. The fourth-order valence-electron chi connectivity index (χ4n) is 1.40. The van der Waals surface area contributed by atoms with Gasteiger partial charge in [-0.2, -0.15) is 13.2 Å². The molecule has 1 aromatic carbocycles. The fraction of sp³-hybridized carbons (Fsp3) is 0.0833. The second kappa shape index (κ2) is 4.36. The van der Waals surface area contributed by atoms with Gasteiger partial charge in [0.1, 0.15) is 11.6 Å². The van der Waals surface area contributed by atoms with Gasteiger partial charge in [-0.25, -0.2) is 8.78 Å². The molecule has 1 nitrogen and oxygen atoms in total. The smallest absolute Gasteiger partial charge is 0.255 e. The topological polar surface area (TPSA) is 12.9 Å². The molecule has 2 rings (SSSR count). The highest BCUT2D eigenvalue weighted by Crippen LogP contribution is 2.31. The Hall–Kier alpha value is -1.98. The van der Waals surface area contributed by atoms with E-state index in [0.717, 1.165) is 24.4 Å². The van der Waals surface area contributed by atoms with Crippen LogP contribution < -0.4 is 0 Å². The number of rotatable bonds is 1. The minimum absolute atomic E-state index is 0.513. The second-order valence-electron chi connectivity index (χ2n) is 3.43. The molecule has 2 aromatic rings. The van der Waals surface area contributed by atoms with Crippen LogP contribution in [0.5, 0.6) is 0 Å². The van der Waals surface area contributed by atoms with Crippen LogP contribution in [0.2, 0.25) is 0 Å². The van der Waals surface area contributed by atoms with Crippen LogP contribution >= 0.6 is 0 Å². The van der Waals surface area contributed by atoms with Gasteiger partial charge in [0.25, 0.3) is 0 Å². The highest BCUT2D eigenvalue weighted by Gasteiger charge is 2.31. The third-order valence-electron chi connectivity index (χ3n) is 2.20. The zero-order valence-corrected chi connectivity index (χ0v) is 8.72. The monoisotopic (exact) mass is 258 g/mol. The number of benzene rings is 1. The van der Waals surface area contributed by atoms with Crippen LogP contribution in [0.3, 0.4) is 0 Å². The van der Waals surface area contributed by atoms with Crippen molar-refractivity contribution >= 4 is 0 Å². The lowest BCUT2D eigenvalue weighted by Gasteiger charge is -2.08. The molecule has 1 radical (unpaired) electrons. The van der Waals surface area contributed by atoms with E-state index in [1.165, 1.54) is 0 Å². The van der Waals surface area contributed by atoms with E-state index in [1.54, 1.807) is 0 Å². The van der Waals surface area contributed by atoms with Crippen molar-refractivity contribution in [2.45, 2.75) is 6.18 Å². The molecule has 0 unspecified atom stereocenters. The Morgan fingerprint density at radius 3 is 2.17 bits per heavy atom. The molecule has 0 aliphatic rings. The molecule has 0 bridgehead atoms. The first-order valence-electron chi connectivity index (χ1n) is 4.79. The number of alkyl halides is 3. The number of hydrogen-bond donors (Lipinski definition) is 0. The van der Waals surface area contributed by atoms with Crippen LogP contribution in [-0.4, -0.2) is 4.98 Å². The van der Waals surface area contributed by atoms with Gasteiger partial charge in [0, 0.05) is 12.3 Å². The third kappa shape index (κ3) is 2.32. The summed E-state index contributed by atoms with van der Waals surface area (Å²) in [5.74, 6) is -1.98. The Morgan fingerprint density at radius 1 is 1.00 bits per heavy atom. The molecule has 0 saturated heterocycles. The van der Waals surface area contributed by atoms with Gasteiger partial charge in [0.15, 0.2) is 0 Å². The highest BCUT2D eigenvalue weighted by molar-refractivity contribution is 5.60. The summed E-state index contributed by atoms with van der Waals surface area (Å²) in [6.45, 7) is 0. The van der Waals surface area contributed by atoms with E-state index < -0.39 is 34.6 Å². The minimum atomic E-state index is -4.64. The fourth-order valence-corrected chi connectivity index (χ4v) is 1.40. The van der Waals surface area contributed by atoms with Crippen LogP contribution in [0.15, 0.2) is 30.5 Å². The first-order valence-corrected chi connectivity index (χ1v) is 4.79. The summed E-state index contributed by atoms with van der Waals surface area (Å²) in [7, 11) is 0. The summed E-state index contributed by atoms with van der Waals surface area (Å²) >= 11 is 0. The Morgan fingerprint density at radius 2 is 1.61 bits per heavy atom. The van der Waals surface area contributed by atoms with Gasteiger partial charge >= 0.3 is 6.18 Å². The molecule has 6 heteroatoms. The molecule has 0 amide bonds. The van der Waals surface area contributed by atoms with Crippen LogP contribution in [0.1, 0.15) is 5.56 Å². The van der Waals surface area contributed by atoms with Gasteiger partial charge < -0.3 is 0 Å². The Kier molecular flexibility index (Phi) is 3.02. The summed E-state index contributed by atoms with van der Waals surface area (Å²) in [5, 5.41) is 0. The first-order chi connectivity index (χ1) is 8.39. The first kappa shape index (κ1) is 12.5. The minimum Gasteiger partial charge on any atom is -0.255 e. The lowest BCUT2D eigenvalue weighted by molar-refractivity contribution is -0.137. The molecule has 0 aliphatic heterocycles. The van der Waals surface area contributed by atoms with Crippen molar-refractivity contribution < 1.29 is 22.0 Å². The largest absolute Gasteiger partial charge is 0.417 e. The van der Waals surface area contributed by atoms with Crippen molar-refractivity contribution in [3.05, 3.63) is 53.7 Å². The van der Waals surface area contributed by atoms with Crippen molar-refractivity contribution in [1.82, 2.24) is 4.98 Å². The van der Waals surface area contributed by atoms with Crippen LogP contribution in [0.25, 0.3) is 11.3 Å². The molecule has 0 N–H and O–H groups in total. The van der Waals surface area contributed by atoms with E-state index in [9.17, 15) is 22.0 Å². The maximum Gasteiger partial charge on any atom is 0.417 e. The Labute approximate surface area is 98.9 Å². The van der Waals surface area contributed by atoms with Gasteiger partial charge in [-0.1, -0.05) is 6.07 Å². The van der Waals surface area contributed by atoms with E-state index in [1.807, 2.05) is 6.07 Å². The predicted molar refractivity (Wildman–Crippen MR) is 53.4 cm³/mol. The van der Waals surface area contributed by atoms with E-state index in [-0.39, 0.29) is 0 Å². The van der Waals surface area contributed by atoms with E-state index in [2.05, 4.69) is 4.98 Å². The lowest BCUT2D eigenvalue weighted by atomic mass is 10.1. The number of aromatic nitrogens is 1. The quantitative estimate of drug-likeness (QED) is 0.708. The van der Waals surface area contributed by atoms with Crippen LogP contribution in [0, 0.1) is 17.7 Å². The maximum absolute atomic E-state index is 13.4. The van der Waals surface area contributed by atoms with Crippen molar-refractivity contribution in [2.75, 3.05) is 0 Å². The van der Waals surface area contributed by atoms with Crippen molar-refractivity contribution in [1.29, 1.82) is 0 Å². The van der Waals surface area contributed by atoms with Crippen molar-refractivity contribution in [3.63, 3.8) is 0 Å². The number of hydrogen-bond acceptors (Lipinski definition) is 1. The summed E-state index contributed by atoms with van der Waals surface area (Å²) in [6, 6.07) is 5.54. The van der Waals surface area contributed by atoms with Crippen molar-refractivity contribution in [2.24, 2.45) is 0 Å². The van der Waals surface area contributed by atoms with Crippen LogP contribution in [-0.2, 0) is 6.18 Å². The van der Waals surface area contributed by atoms with E-state index in [4.69, 9.17) is 0 Å². The molecule has 1 aromatic heterocycles. The second-order valence-corrected chi connectivity index (χ2v) is 3.43. The van der Waals surface area contributed by atoms with Gasteiger partial charge in [0.05, 0.1) is 16.8 Å². The zero-order chi connectivity index (χ0) is 13.3.